The van der Waals surface area contributed by atoms with E-state index in [9.17, 15) is 0 Å². The zero-order valence-corrected chi connectivity index (χ0v) is 13.0. The van der Waals surface area contributed by atoms with Crippen LogP contribution in [0.5, 0.6) is 0 Å². The van der Waals surface area contributed by atoms with Crippen molar-refractivity contribution < 1.29 is 9.47 Å². The van der Waals surface area contributed by atoms with E-state index in [-0.39, 0.29) is 11.3 Å². The molecule has 6 heteroatoms. The summed E-state index contributed by atoms with van der Waals surface area (Å²) in [6, 6.07) is 4.08. The monoisotopic (exact) mass is 344 g/mol. The Labute approximate surface area is 125 Å². The number of pyridine rings is 1. The minimum atomic E-state index is -0.394. The highest BCUT2D eigenvalue weighted by Gasteiger charge is 2.44. The Morgan fingerprint density at radius 2 is 2.21 bits per heavy atom. The summed E-state index contributed by atoms with van der Waals surface area (Å²) in [7, 11) is 0. The van der Waals surface area contributed by atoms with Crippen LogP contribution >= 0.6 is 27.7 Å². The lowest BCUT2D eigenvalue weighted by Crippen LogP contribution is -2.47. The van der Waals surface area contributed by atoms with E-state index in [0.29, 0.717) is 13.2 Å². The van der Waals surface area contributed by atoms with Gasteiger partial charge in [-0.15, -0.1) is 11.8 Å². The van der Waals surface area contributed by atoms with E-state index in [4.69, 9.17) is 15.2 Å². The van der Waals surface area contributed by atoms with Crippen molar-refractivity contribution in [3.05, 3.63) is 22.8 Å². The highest BCUT2D eigenvalue weighted by molar-refractivity contribution is 9.10. The molecule has 1 spiro atoms. The number of halogens is 1. The Morgan fingerprint density at radius 1 is 1.42 bits per heavy atom. The summed E-state index contributed by atoms with van der Waals surface area (Å²) >= 11 is 5.25. The number of thioether (sulfide) groups is 1. The van der Waals surface area contributed by atoms with E-state index >= 15 is 0 Å². The van der Waals surface area contributed by atoms with Crippen LogP contribution in [0, 0.1) is 0 Å². The summed E-state index contributed by atoms with van der Waals surface area (Å²) in [6.45, 7) is 1.39. The fraction of sp³-hybridized carbons (Fsp3) is 0.615. The molecule has 0 bridgehead atoms. The Balaban J connectivity index is 1.73. The van der Waals surface area contributed by atoms with Gasteiger partial charge in [0.2, 0.25) is 0 Å². The molecule has 0 radical (unpaired) electrons. The van der Waals surface area contributed by atoms with Gasteiger partial charge in [-0.05, 0) is 34.5 Å². The Bertz CT molecular complexity index is 454. The first-order chi connectivity index (χ1) is 9.19. The van der Waals surface area contributed by atoms with Gasteiger partial charge in [0.15, 0.2) is 5.79 Å². The van der Waals surface area contributed by atoms with E-state index in [1.54, 1.807) is 18.0 Å². The smallest absolute Gasteiger partial charge is 0.169 e. The van der Waals surface area contributed by atoms with Crippen molar-refractivity contribution >= 4 is 27.7 Å². The zero-order valence-electron chi connectivity index (χ0n) is 10.5. The lowest BCUT2D eigenvalue weighted by molar-refractivity contribution is -0.176. The van der Waals surface area contributed by atoms with Crippen molar-refractivity contribution in [3.8, 4) is 0 Å². The number of ether oxygens (including phenoxy) is 2. The molecule has 2 atom stereocenters. The minimum absolute atomic E-state index is 0.164. The van der Waals surface area contributed by atoms with Crippen LogP contribution in [-0.2, 0) is 9.47 Å². The lowest BCUT2D eigenvalue weighted by Gasteiger charge is -2.39. The molecule has 1 aromatic rings. The number of hydrogen-bond acceptors (Lipinski definition) is 5. The average Bonchev–Trinajstić information content (AvgIpc) is 2.85. The molecule has 1 aliphatic carbocycles. The van der Waals surface area contributed by atoms with Crippen molar-refractivity contribution in [1.29, 1.82) is 0 Å². The van der Waals surface area contributed by atoms with Crippen molar-refractivity contribution in [1.82, 2.24) is 4.98 Å². The maximum Gasteiger partial charge on any atom is 0.169 e. The second kappa shape index (κ2) is 5.69. The van der Waals surface area contributed by atoms with Gasteiger partial charge >= 0.3 is 0 Å². The molecule has 2 heterocycles. The molecule has 2 unspecified atom stereocenters. The molecule has 104 valence electrons. The van der Waals surface area contributed by atoms with Crippen molar-refractivity contribution in [3.63, 3.8) is 0 Å². The Kier molecular flexibility index (Phi) is 4.14. The quantitative estimate of drug-likeness (QED) is 0.893. The van der Waals surface area contributed by atoms with Crippen LogP contribution in [0.15, 0.2) is 27.8 Å². The predicted octanol–water partition coefficient (Wildman–Crippen LogP) is 2.56. The third kappa shape index (κ3) is 2.97. The second-order valence-electron chi connectivity index (χ2n) is 4.96. The summed E-state index contributed by atoms with van der Waals surface area (Å²) < 4.78 is 12.6. The normalized spacial score (nSPS) is 29.8. The molecule has 1 aromatic heterocycles. The van der Waals surface area contributed by atoms with Crippen LogP contribution in [0.25, 0.3) is 0 Å². The first kappa shape index (κ1) is 13.8. The molecule has 1 saturated carbocycles. The van der Waals surface area contributed by atoms with Gasteiger partial charge in [0, 0.05) is 34.8 Å². The van der Waals surface area contributed by atoms with Crippen LogP contribution < -0.4 is 5.73 Å². The highest BCUT2D eigenvalue weighted by Crippen LogP contribution is 2.42. The summed E-state index contributed by atoms with van der Waals surface area (Å²) in [5.74, 6) is -0.394. The summed E-state index contributed by atoms with van der Waals surface area (Å²) in [4.78, 5) is 4.40. The Morgan fingerprint density at radius 3 is 2.95 bits per heavy atom. The first-order valence-electron chi connectivity index (χ1n) is 6.49. The molecule has 1 aliphatic heterocycles. The molecular weight excluding hydrogens is 328 g/mol. The van der Waals surface area contributed by atoms with Crippen LogP contribution in [0.3, 0.4) is 0 Å². The zero-order chi connectivity index (χ0) is 13.3. The molecular formula is C13H17BrN2O2S. The van der Waals surface area contributed by atoms with E-state index in [1.807, 2.05) is 12.1 Å². The number of rotatable bonds is 2. The van der Waals surface area contributed by atoms with Crippen LogP contribution in [0.4, 0.5) is 0 Å². The van der Waals surface area contributed by atoms with Crippen molar-refractivity contribution in [2.75, 3.05) is 13.2 Å². The molecule has 1 saturated heterocycles. The van der Waals surface area contributed by atoms with E-state index in [2.05, 4.69) is 20.9 Å². The topological polar surface area (TPSA) is 57.4 Å². The van der Waals surface area contributed by atoms with E-state index in [0.717, 1.165) is 28.8 Å². The molecule has 2 N–H and O–H groups in total. The van der Waals surface area contributed by atoms with E-state index in [1.165, 1.54) is 0 Å². The van der Waals surface area contributed by atoms with Gasteiger partial charge in [-0.25, -0.2) is 4.98 Å². The van der Waals surface area contributed by atoms with Gasteiger partial charge in [0.1, 0.15) is 5.03 Å². The lowest BCUT2D eigenvalue weighted by atomic mass is 9.90. The second-order valence-corrected chi connectivity index (χ2v) is 7.04. The van der Waals surface area contributed by atoms with Gasteiger partial charge in [-0.3, -0.25) is 0 Å². The minimum Gasteiger partial charge on any atom is -0.347 e. The molecule has 0 amide bonds. The van der Waals surface area contributed by atoms with Gasteiger partial charge < -0.3 is 15.2 Å². The molecule has 3 rings (SSSR count). The van der Waals surface area contributed by atoms with Crippen molar-refractivity contribution in [2.24, 2.45) is 5.73 Å². The fourth-order valence-electron chi connectivity index (χ4n) is 2.62. The predicted molar refractivity (Wildman–Crippen MR) is 78.0 cm³/mol. The van der Waals surface area contributed by atoms with Gasteiger partial charge in [0.25, 0.3) is 0 Å². The Hall–Kier alpha value is -0.140. The highest BCUT2D eigenvalue weighted by atomic mass is 79.9. The molecule has 19 heavy (non-hydrogen) atoms. The summed E-state index contributed by atoms with van der Waals surface area (Å²) in [6.07, 6.45) is 4.47. The standard InChI is InChI=1S/C13H17BrN2O2S/c14-9-2-1-5-16-12(9)19-11-8-13(4-3-10(11)15)17-6-7-18-13/h1-2,5,10-11H,3-4,6-8,15H2. The van der Waals surface area contributed by atoms with Crippen LogP contribution in [0.2, 0.25) is 0 Å². The van der Waals surface area contributed by atoms with Crippen LogP contribution in [0.1, 0.15) is 19.3 Å². The van der Waals surface area contributed by atoms with Crippen molar-refractivity contribution in [2.45, 2.75) is 41.4 Å². The van der Waals surface area contributed by atoms with E-state index < -0.39 is 5.79 Å². The summed E-state index contributed by atoms with van der Waals surface area (Å²) in [5.41, 5.74) is 6.25. The maximum absolute atomic E-state index is 6.25. The van der Waals surface area contributed by atoms with Gasteiger partial charge in [-0.2, -0.15) is 0 Å². The van der Waals surface area contributed by atoms with Crippen LogP contribution in [-0.4, -0.2) is 35.3 Å². The first-order valence-corrected chi connectivity index (χ1v) is 8.16. The number of nitrogens with zero attached hydrogens (tertiary/aromatic N) is 1. The SMILES string of the molecule is NC1CCC2(CC1Sc1ncccc1Br)OCCO2. The molecule has 2 aliphatic rings. The largest absolute Gasteiger partial charge is 0.347 e. The number of hydrogen-bond donors (Lipinski definition) is 1. The molecule has 2 fully saturated rings. The van der Waals surface area contributed by atoms with Gasteiger partial charge in [-0.1, -0.05) is 0 Å². The number of aromatic nitrogens is 1. The van der Waals surface area contributed by atoms with Gasteiger partial charge in [0.05, 0.1) is 13.2 Å². The molecule has 4 nitrogen and oxygen atoms in total. The molecule has 0 aromatic carbocycles. The fourth-order valence-corrected chi connectivity index (χ4v) is 4.39. The maximum atomic E-state index is 6.25. The third-order valence-corrected chi connectivity index (χ3v) is 5.92. The number of nitrogens with two attached hydrogens (primary N) is 1. The summed E-state index contributed by atoms with van der Waals surface area (Å²) in [5, 5.41) is 1.26. The third-order valence-electron chi connectivity index (χ3n) is 3.65. The average molecular weight is 345 g/mol.